The molecule has 0 aliphatic rings. The van der Waals surface area contributed by atoms with Crippen LogP contribution in [0.25, 0.3) is 0 Å². The number of anilines is 1. The third kappa shape index (κ3) is 3.48. The Labute approximate surface area is 132 Å². The molecule has 0 fully saturated rings. The van der Waals surface area contributed by atoms with E-state index in [0.717, 1.165) is 5.56 Å². The maximum absolute atomic E-state index is 12.8. The van der Waals surface area contributed by atoms with Crippen LogP contribution in [0.1, 0.15) is 25.3 Å². The van der Waals surface area contributed by atoms with Crippen molar-refractivity contribution in [3.8, 4) is 0 Å². The Balaban J connectivity index is 2.41. The number of nitrogens with zero attached hydrogens (tertiary/aromatic N) is 1. The van der Waals surface area contributed by atoms with E-state index in [1.165, 1.54) is 4.31 Å². The lowest BCUT2D eigenvalue weighted by Crippen LogP contribution is -2.33. The first kappa shape index (κ1) is 16.5. The van der Waals surface area contributed by atoms with E-state index in [-0.39, 0.29) is 18.0 Å². The summed E-state index contributed by atoms with van der Waals surface area (Å²) in [5.74, 6) is 0.347. The summed E-state index contributed by atoms with van der Waals surface area (Å²) in [5, 5.41) is 9.22. The van der Waals surface area contributed by atoms with E-state index in [2.05, 4.69) is 13.8 Å². The number of rotatable bonds is 6. The van der Waals surface area contributed by atoms with Gasteiger partial charge < -0.3 is 5.11 Å². The standard InChI is InChI=1S/C17H21NO3S/c1-14(2)15-8-10-17(11-9-15)22(20,21)18(12-13-19)16-6-4-3-5-7-16/h3-11,14,19H,12-13H2,1-2H3. The molecule has 0 aliphatic carbocycles. The van der Waals surface area contributed by atoms with E-state index in [9.17, 15) is 13.5 Å². The fraction of sp³-hybridized carbons (Fsp3) is 0.294. The number of aliphatic hydroxyl groups is 1. The van der Waals surface area contributed by atoms with Crippen molar-refractivity contribution < 1.29 is 13.5 Å². The SMILES string of the molecule is CC(C)c1ccc(S(=O)(=O)N(CCO)c2ccccc2)cc1. The Morgan fingerprint density at radius 3 is 2.09 bits per heavy atom. The van der Waals surface area contributed by atoms with Gasteiger partial charge in [0.25, 0.3) is 10.0 Å². The van der Waals surface area contributed by atoms with Gasteiger partial charge in [0, 0.05) is 0 Å². The maximum Gasteiger partial charge on any atom is 0.264 e. The highest BCUT2D eigenvalue weighted by atomic mass is 32.2. The van der Waals surface area contributed by atoms with Gasteiger partial charge in [0.2, 0.25) is 0 Å². The quantitative estimate of drug-likeness (QED) is 0.890. The zero-order valence-electron chi connectivity index (χ0n) is 12.8. The highest BCUT2D eigenvalue weighted by molar-refractivity contribution is 7.92. The van der Waals surface area contributed by atoms with Crippen molar-refractivity contribution >= 4 is 15.7 Å². The summed E-state index contributed by atoms with van der Waals surface area (Å²) >= 11 is 0. The van der Waals surface area contributed by atoms with Crippen LogP contribution in [0.3, 0.4) is 0 Å². The van der Waals surface area contributed by atoms with E-state index in [0.29, 0.717) is 11.6 Å². The Hall–Kier alpha value is -1.85. The van der Waals surface area contributed by atoms with Crippen LogP contribution in [0.5, 0.6) is 0 Å². The molecule has 22 heavy (non-hydrogen) atoms. The van der Waals surface area contributed by atoms with E-state index in [4.69, 9.17) is 0 Å². The smallest absolute Gasteiger partial charge is 0.264 e. The van der Waals surface area contributed by atoms with Gasteiger partial charge in [-0.3, -0.25) is 4.31 Å². The van der Waals surface area contributed by atoms with E-state index >= 15 is 0 Å². The third-order valence-corrected chi connectivity index (χ3v) is 5.32. The highest BCUT2D eigenvalue weighted by Crippen LogP contribution is 2.24. The predicted octanol–water partition coefficient (Wildman–Crippen LogP) is 3.00. The van der Waals surface area contributed by atoms with Gasteiger partial charge in [-0.2, -0.15) is 0 Å². The Morgan fingerprint density at radius 1 is 1.00 bits per heavy atom. The lowest BCUT2D eigenvalue weighted by Gasteiger charge is -2.23. The average molecular weight is 319 g/mol. The van der Waals surface area contributed by atoms with Gasteiger partial charge >= 0.3 is 0 Å². The first-order valence-electron chi connectivity index (χ1n) is 7.25. The summed E-state index contributed by atoms with van der Waals surface area (Å²) in [5.41, 5.74) is 1.64. The number of hydrogen-bond acceptors (Lipinski definition) is 3. The molecule has 0 amide bonds. The molecule has 0 unspecified atom stereocenters. The van der Waals surface area contributed by atoms with E-state index in [1.54, 1.807) is 36.4 Å². The van der Waals surface area contributed by atoms with Crippen molar-refractivity contribution in [2.45, 2.75) is 24.7 Å². The first-order chi connectivity index (χ1) is 10.5. The third-order valence-electron chi connectivity index (χ3n) is 3.48. The topological polar surface area (TPSA) is 57.6 Å². The lowest BCUT2D eigenvalue weighted by atomic mass is 10.0. The molecule has 0 atom stereocenters. The van der Waals surface area contributed by atoms with Gasteiger partial charge in [0.15, 0.2) is 0 Å². The fourth-order valence-corrected chi connectivity index (χ4v) is 3.68. The molecule has 0 heterocycles. The number of sulfonamides is 1. The van der Waals surface area contributed by atoms with Crippen LogP contribution in [0.2, 0.25) is 0 Å². The average Bonchev–Trinajstić information content (AvgIpc) is 2.53. The van der Waals surface area contributed by atoms with Crippen molar-refractivity contribution in [3.05, 3.63) is 60.2 Å². The highest BCUT2D eigenvalue weighted by Gasteiger charge is 2.24. The second-order valence-corrected chi connectivity index (χ2v) is 7.22. The van der Waals surface area contributed by atoms with Gasteiger partial charge in [-0.15, -0.1) is 0 Å². The summed E-state index contributed by atoms with van der Waals surface area (Å²) in [7, 11) is -3.69. The normalized spacial score (nSPS) is 11.6. The largest absolute Gasteiger partial charge is 0.394 e. The monoisotopic (exact) mass is 319 g/mol. The van der Waals surface area contributed by atoms with Crippen molar-refractivity contribution in [1.82, 2.24) is 0 Å². The van der Waals surface area contributed by atoms with Gasteiger partial charge in [-0.25, -0.2) is 8.42 Å². The molecule has 0 saturated carbocycles. The van der Waals surface area contributed by atoms with Crippen LogP contribution in [0.15, 0.2) is 59.5 Å². The summed E-state index contributed by atoms with van der Waals surface area (Å²) in [6, 6.07) is 15.7. The van der Waals surface area contributed by atoms with Gasteiger partial charge in [-0.1, -0.05) is 44.2 Å². The second-order valence-electron chi connectivity index (χ2n) is 5.36. The number of aliphatic hydroxyl groups excluding tert-OH is 1. The lowest BCUT2D eigenvalue weighted by molar-refractivity contribution is 0.306. The molecule has 2 aromatic rings. The Bertz CT molecular complexity index is 694. The van der Waals surface area contributed by atoms with Gasteiger partial charge in [-0.05, 0) is 35.7 Å². The molecule has 0 saturated heterocycles. The zero-order valence-corrected chi connectivity index (χ0v) is 13.6. The van der Waals surface area contributed by atoms with Crippen molar-refractivity contribution in [1.29, 1.82) is 0 Å². The van der Waals surface area contributed by atoms with Crippen LogP contribution < -0.4 is 4.31 Å². The number of hydrogen-bond donors (Lipinski definition) is 1. The molecule has 2 rings (SSSR count). The minimum Gasteiger partial charge on any atom is -0.394 e. The van der Waals surface area contributed by atoms with Crippen molar-refractivity contribution in [2.24, 2.45) is 0 Å². The molecular weight excluding hydrogens is 298 g/mol. The molecule has 0 aliphatic heterocycles. The predicted molar refractivity (Wildman–Crippen MR) is 88.6 cm³/mol. The van der Waals surface area contributed by atoms with Gasteiger partial charge in [0.05, 0.1) is 23.7 Å². The Morgan fingerprint density at radius 2 is 1.59 bits per heavy atom. The van der Waals surface area contributed by atoms with Crippen LogP contribution in [0.4, 0.5) is 5.69 Å². The molecule has 4 nitrogen and oxygen atoms in total. The van der Waals surface area contributed by atoms with E-state index in [1.807, 2.05) is 18.2 Å². The minimum atomic E-state index is -3.69. The summed E-state index contributed by atoms with van der Waals surface area (Å²) in [6.45, 7) is 3.91. The summed E-state index contributed by atoms with van der Waals surface area (Å²) < 4.78 is 26.9. The van der Waals surface area contributed by atoms with Gasteiger partial charge in [0.1, 0.15) is 0 Å². The number of benzene rings is 2. The molecule has 1 N–H and O–H groups in total. The molecule has 118 valence electrons. The molecule has 2 aromatic carbocycles. The molecule has 0 radical (unpaired) electrons. The zero-order chi connectivity index (χ0) is 16.2. The van der Waals surface area contributed by atoms with Crippen LogP contribution in [-0.4, -0.2) is 26.7 Å². The van der Waals surface area contributed by atoms with Crippen LogP contribution in [0, 0.1) is 0 Å². The Kier molecular flexibility index (Phi) is 5.21. The maximum atomic E-state index is 12.8. The second kappa shape index (κ2) is 6.94. The van der Waals surface area contributed by atoms with Crippen LogP contribution >= 0.6 is 0 Å². The molecule has 0 bridgehead atoms. The van der Waals surface area contributed by atoms with Crippen LogP contribution in [-0.2, 0) is 10.0 Å². The molecular formula is C17H21NO3S. The first-order valence-corrected chi connectivity index (χ1v) is 8.69. The number of para-hydroxylation sites is 1. The fourth-order valence-electron chi connectivity index (χ4n) is 2.23. The molecule has 0 spiro atoms. The minimum absolute atomic E-state index is 0.0261. The molecule has 5 heteroatoms. The van der Waals surface area contributed by atoms with Crippen molar-refractivity contribution in [3.63, 3.8) is 0 Å². The summed E-state index contributed by atoms with van der Waals surface area (Å²) in [6.07, 6.45) is 0. The summed E-state index contributed by atoms with van der Waals surface area (Å²) in [4.78, 5) is 0.231. The van der Waals surface area contributed by atoms with Crippen molar-refractivity contribution in [2.75, 3.05) is 17.5 Å². The van der Waals surface area contributed by atoms with E-state index < -0.39 is 10.0 Å². The molecule has 0 aromatic heterocycles.